The maximum atomic E-state index is 12.6. The average Bonchev–Trinajstić information content (AvgIpc) is 3.45. The van der Waals surface area contributed by atoms with E-state index in [1.165, 1.54) is 12.1 Å². The van der Waals surface area contributed by atoms with E-state index in [1.54, 1.807) is 24.4 Å². The van der Waals surface area contributed by atoms with Crippen molar-refractivity contribution in [2.75, 3.05) is 10.6 Å². The molecule has 2 heterocycles. The maximum Gasteiger partial charge on any atom is 0.446 e. The molecular formula is C19H16F3N5S. The van der Waals surface area contributed by atoms with Crippen molar-refractivity contribution in [2.45, 2.75) is 29.3 Å². The zero-order chi connectivity index (χ0) is 19.6. The Kier molecular flexibility index (Phi) is 5.08. The first kappa shape index (κ1) is 18.5. The molecule has 0 bridgehead atoms. The molecule has 9 heteroatoms. The number of anilines is 3. The van der Waals surface area contributed by atoms with Crippen LogP contribution in [0.25, 0.3) is 11.4 Å². The number of benzene rings is 1. The summed E-state index contributed by atoms with van der Waals surface area (Å²) in [6.45, 7) is 0. The summed E-state index contributed by atoms with van der Waals surface area (Å²) in [6, 6.07) is 13.7. The first-order chi connectivity index (χ1) is 13.4. The van der Waals surface area contributed by atoms with Crippen molar-refractivity contribution in [3.05, 3.63) is 54.7 Å². The lowest BCUT2D eigenvalue weighted by Gasteiger charge is -2.12. The summed E-state index contributed by atoms with van der Waals surface area (Å²) >= 11 is -0.150. The summed E-state index contributed by atoms with van der Waals surface area (Å²) in [7, 11) is 0. The molecule has 144 valence electrons. The van der Waals surface area contributed by atoms with Crippen LogP contribution in [0.4, 0.5) is 30.6 Å². The fourth-order valence-electron chi connectivity index (χ4n) is 2.55. The molecule has 1 aliphatic rings. The Labute approximate surface area is 163 Å². The molecule has 1 saturated carbocycles. The number of hydrogen-bond donors (Lipinski definition) is 2. The monoisotopic (exact) mass is 403 g/mol. The van der Waals surface area contributed by atoms with Crippen LogP contribution < -0.4 is 10.6 Å². The van der Waals surface area contributed by atoms with Crippen LogP contribution in [0.5, 0.6) is 0 Å². The van der Waals surface area contributed by atoms with Gasteiger partial charge in [0.1, 0.15) is 5.82 Å². The summed E-state index contributed by atoms with van der Waals surface area (Å²) in [5, 5.41) is 6.33. The average molecular weight is 403 g/mol. The number of rotatable bonds is 6. The van der Waals surface area contributed by atoms with Crippen LogP contribution in [0.15, 0.2) is 59.6 Å². The molecule has 0 spiro atoms. The van der Waals surface area contributed by atoms with Crippen molar-refractivity contribution in [3.8, 4) is 11.4 Å². The standard InChI is InChI=1S/C19H16F3N5S/c20-19(21,22)28-14-5-3-4-13(10-14)24-17-11-16(15-6-1-2-9-23-15)26-18(27-17)25-12-7-8-12/h1-6,9-12H,7-8H2,(H2,24,25,26,27). The van der Waals surface area contributed by atoms with Crippen LogP contribution in [0.3, 0.4) is 0 Å². The van der Waals surface area contributed by atoms with Gasteiger partial charge in [0.15, 0.2) is 0 Å². The number of aromatic nitrogens is 3. The summed E-state index contributed by atoms with van der Waals surface area (Å²) in [6.07, 6.45) is 3.81. The minimum atomic E-state index is -4.33. The molecule has 1 aliphatic carbocycles. The normalized spacial score (nSPS) is 14.0. The van der Waals surface area contributed by atoms with Crippen LogP contribution in [-0.2, 0) is 0 Å². The number of alkyl halides is 3. The van der Waals surface area contributed by atoms with Gasteiger partial charge in [-0.05, 0) is 54.9 Å². The first-order valence-corrected chi connectivity index (χ1v) is 9.46. The van der Waals surface area contributed by atoms with Crippen molar-refractivity contribution in [2.24, 2.45) is 0 Å². The fourth-order valence-corrected chi connectivity index (χ4v) is 3.15. The Balaban J connectivity index is 1.62. The molecule has 0 aliphatic heterocycles. The van der Waals surface area contributed by atoms with Gasteiger partial charge in [0.25, 0.3) is 0 Å². The van der Waals surface area contributed by atoms with Crippen LogP contribution in [0.2, 0.25) is 0 Å². The van der Waals surface area contributed by atoms with E-state index in [0.29, 0.717) is 34.9 Å². The maximum absolute atomic E-state index is 12.6. The van der Waals surface area contributed by atoms with Crippen molar-refractivity contribution < 1.29 is 13.2 Å². The summed E-state index contributed by atoms with van der Waals surface area (Å²) in [5.41, 5.74) is -2.51. The highest BCUT2D eigenvalue weighted by Crippen LogP contribution is 2.38. The quantitative estimate of drug-likeness (QED) is 0.532. The van der Waals surface area contributed by atoms with Gasteiger partial charge in [-0.15, -0.1) is 0 Å². The molecule has 0 amide bonds. The van der Waals surface area contributed by atoms with E-state index in [9.17, 15) is 13.2 Å². The van der Waals surface area contributed by atoms with Gasteiger partial charge in [-0.2, -0.15) is 18.2 Å². The molecule has 3 aromatic rings. The molecule has 2 N–H and O–H groups in total. The van der Waals surface area contributed by atoms with Crippen molar-refractivity contribution >= 4 is 29.2 Å². The molecule has 4 rings (SSSR count). The van der Waals surface area contributed by atoms with E-state index in [2.05, 4.69) is 25.6 Å². The van der Waals surface area contributed by atoms with Crippen LogP contribution >= 0.6 is 11.8 Å². The predicted molar refractivity (Wildman–Crippen MR) is 104 cm³/mol. The lowest BCUT2D eigenvalue weighted by Crippen LogP contribution is -2.08. The van der Waals surface area contributed by atoms with E-state index >= 15 is 0 Å². The van der Waals surface area contributed by atoms with Gasteiger partial charge in [-0.25, -0.2) is 4.98 Å². The Morgan fingerprint density at radius 3 is 2.54 bits per heavy atom. The molecule has 0 radical (unpaired) electrons. The molecule has 0 saturated heterocycles. The lowest BCUT2D eigenvalue weighted by atomic mass is 10.2. The molecule has 28 heavy (non-hydrogen) atoms. The van der Waals surface area contributed by atoms with Crippen molar-refractivity contribution in [1.82, 2.24) is 15.0 Å². The van der Waals surface area contributed by atoms with Gasteiger partial charge in [0.2, 0.25) is 5.95 Å². The number of hydrogen-bond acceptors (Lipinski definition) is 6. The number of halogens is 3. The van der Waals surface area contributed by atoms with Gasteiger partial charge in [-0.3, -0.25) is 4.98 Å². The van der Waals surface area contributed by atoms with Crippen molar-refractivity contribution in [1.29, 1.82) is 0 Å². The molecular weight excluding hydrogens is 387 g/mol. The van der Waals surface area contributed by atoms with Gasteiger partial charge >= 0.3 is 5.51 Å². The summed E-state index contributed by atoms with van der Waals surface area (Å²) in [5.74, 6) is 0.946. The number of nitrogens with zero attached hydrogens (tertiary/aromatic N) is 3. The Morgan fingerprint density at radius 1 is 0.964 bits per heavy atom. The highest BCUT2D eigenvalue weighted by atomic mass is 32.2. The molecule has 2 aromatic heterocycles. The second kappa shape index (κ2) is 7.67. The minimum absolute atomic E-state index is 0.104. The van der Waals surface area contributed by atoms with Gasteiger partial charge in [0.05, 0.1) is 11.4 Å². The molecule has 5 nitrogen and oxygen atoms in total. The van der Waals surface area contributed by atoms with Gasteiger partial charge < -0.3 is 10.6 Å². The summed E-state index contributed by atoms with van der Waals surface area (Å²) in [4.78, 5) is 13.4. The predicted octanol–water partition coefficient (Wildman–Crippen LogP) is 5.47. The zero-order valence-electron chi connectivity index (χ0n) is 14.6. The third kappa shape index (κ3) is 5.13. The second-order valence-corrected chi connectivity index (χ2v) is 7.43. The van der Waals surface area contributed by atoms with E-state index in [1.807, 2.05) is 18.2 Å². The topological polar surface area (TPSA) is 62.7 Å². The van der Waals surface area contributed by atoms with Crippen LogP contribution in [-0.4, -0.2) is 26.5 Å². The molecule has 1 aromatic carbocycles. The minimum Gasteiger partial charge on any atom is -0.351 e. The smallest absolute Gasteiger partial charge is 0.351 e. The van der Waals surface area contributed by atoms with E-state index in [-0.39, 0.29) is 16.7 Å². The number of nitrogens with one attached hydrogen (secondary N) is 2. The van der Waals surface area contributed by atoms with E-state index < -0.39 is 5.51 Å². The third-order valence-electron chi connectivity index (χ3n) is 3.90. The lowest BCUT2D eigenvalue weighted by molar-refractivity contribution is -0.0328. The largest absolute Gasteiger partial charge is 0.446 e. The molecule has 0 unspecified atom stereocenters. The Bertz CT molecular complexity index is 961. The summed E-state index contributed by atoms with van der Waals surface area (Å²) < 4.78 is 37.9. The highest BCUT2D eigenvalue weighted by molar-refractivity contribution is 8.00. The SMILES string of the molecule is FC(F)(F)Sc1cccc(Nc2cc(-c3ccccn3)nc(NC3CC3)n2)c1. The van der Waals surface area contributed by atoms with Gasteiger partial charge in [-0.1, -0.05) is 12.1 Å². The van der Waals surface area contributed by atoms with E-state index in [4.69, 9.17) is 0 Å². The van der Waals surface area contributed by atoms with E-state index in [0.717, 1.165) is 12.8 Å². The van der Waals surface area contributed by atoms with Crippen LogP contribution in [0.1, 0.15) is 12.8 Å². The highest BCUT2D eigenvalue weighted by Gasteiger charge is 2.29. The number of pyridine rings is 1. The fraction of sp³-hybridized carbons (Fsp3) is 0.211. The van der Waals surface area contributed by atoms with Crippen LogP contribution in [0, 0.1) is 0 Å². The Hall–Kier alpha value is -2.81. The van der Waals surface area contributed by atoms with Gasteiger partial charge in [0, 0.05) is 28.9 Å². The zero-order valence-corrected chi connectivity index (χ0v) is 15.4. The number of thioether (sulfide) groups is 1. The third-order valence-corrected chi connectivity index (χ3v) is 4.63. The van der Waals surface area contributed by atoms with Crippen molar-refractivity contribution in [3.63, 3.8) is 0 Å². The Morgan fingerprint density at radius 2 is 1.82 bits per heavy atom. The second-order valence-electron chi connectivity index (χ2n) is 6.30. The first-order valence-electron chi connectivity index (χ1n) is 8.64. The molecule has 1 fully saturated rings. The molecule has 0 atom stereocenters.